The minimum Gasteiger partial charge on any atom is -0.478 e. The third-order valence-corrected chi connectivity index (χ3v) is 2.72. The Balaban J connectivity index is 2.05. The van der Waals surface area contributed by atoms with Crippen LogP contribution in [0.25, 0.3) is 0 Å². The Bertz CT molecular complexity index is 486. The molecule has 1 aliphatic carbocycles. The van der Waals surface area contributed by atoms with E-state index in [1.54, 1.807) is 0 Å². The van der Waals surface area contributed by atoms with Gasteiger partial charge in [-0.2, -0.15) is 0 Å². The molecule has 1 aromatic rings. The number of urea groups is 1. The standard InChI is InChI=1S/C12H13FN2O3/c13-8-2-1-3-9(10(8)11(16)17)15-12(18)14-6-7-4-5-7/h1-3,7H,4-6H2,(H,16,17)(H2,14,15,18). The first kappa shape index (κ1) is 12.3. The fourth-order valence-electron chi connectivity index (χ4n) is 1.57. The van der Waals surface area contributed by atoms with Gasteiger partial charge in [0, 0.05) is 6.54 Å². The van der Waals surface area contributed by atoms with E-state index in [9.17, 15) is 14.0 Å². The molecule has 6 heteroatoms. The number of carbonyl (C=O) groups excluding carboxylic acids is 1. The molecule has 18 heavy (non-hydrogen) atoms. The average Bonchev–Trinajstić information content (AvgIpc) is 3.09. The molecule has 0 heterocycles. The van der Waals surface area contributed by atoms with Crippen molar-refractivity contribution in [2.75, 3.05) is 11.9 Å². The second kappa shape index (κ2) is 5.03. The van der Waals surface area contributed by atoms with E-state index in [1.165, 1.54) is 12.1 Å². The van der Waals surface area contributed by atoms with Crippen molar-refractivity contribution in [1.82, 2.24) is 5.32 Å². The number of carbonyl (C=O) groups is 2. The number of halogens is 1. The predicted octanol–water partition coefficient (Wildman–Crippen LogP) is 2.06. The van der Waals surface area contributed by atoms with Gasteiger partial charge in [0.15, 0.2) is 0 Å². The smallest absolute Gasteiger partial charge is 0.340 e. The number of rotatable bonds is 4. The quantitative estimate of drug-likeness (QED) is 0.767. The van der Waals surface area contributed by atoms with Crippen LogP contribution in [0, 0.1) is 11.7 Å². The molecule has 0 saturated heterocycles. The SMILES string of the molecule is O=C(NCC1CC1)Nc1cccc(F)c1C(=O)O. The molecule has 0 radical (unpaired) electrons. The van der Waals surface area contributed by atoms with Crippen molar-refractivity contribution >= 4 is 17.7 Å². The highest BCUT2D eigenvalue weighted by molar-refractivity contribution is 6.00. The van der Waals surface area contributed by atoms with E-state index in [4.69, 9.17) is 5.11 Å². The molecule has 2 amide bonds. The Morgan fingerprint density at radius 3 is 2.72 bits per heavy atom. The van der Waals surface area contributed by atoms with Crippen molar-refractivity contribution in [3.63, 3.8) is 0 Å². The molecule has 0 spiro atoms. The molecular weight excluding hydrogens is 239 g/mol. The van der Waals surface area contributed by atoms with Gasteiger partial charge in [0.1, 0.15) is 11.4 Å². The van der Waals surface area contributed by atoms with Crippen molar-refractivity contribution < 1.29 is 19.1 Å². The minimum absolute atomic E-state index is 0.0456. The third-order valence-electron chi connectivity index (χ3n) is 2.72. The van der Waals surface area contributed by atoms with Gasteiger partial charge in [-0.1, -0.05) is 6.07 Å². The molecule has 1 aromatic carbocycles. The molecule has 2 rings (SSSR count). The van der Waals surface area contributed by atoms with Crippen LogP contribution in [0.3, 0.4) is 0 Å². The molecule has 0 bridgehead atoms. The van der Waals surface area contributed by atoms with Crippen LogP contribution in [-0.2, 0) is 0 Å². The second-order valence-corrected chi connectivity index (χ2v) is 4.25. The molecule has 96 valence electrons. The summed E-state index contributed by atoms with van der Waals surface area (Å²) in [6.45, 7) is 0.559. The summed E-state index contributed by atoms with van der Waals surface area (Å²) < 4.78 is 13.3. The number of hydrogen-bond acceptors (Lipinski definition) is 2. The van der Waals surface area contributed by atoms with E-state index in [-0.39, 0.29) is 5.69 Å². The lowest BCUT2D eigenvalue weighted by atomic mass is 10.1. The number of nitrogens with one attached hydrogen (secondary N) is 2. The summed E-state index contributed by atoms with van der Waals surface area (Å²) in [6, 6.07) is 3.22. The molecule has 0 unspecified atom stereocenters. The molecule has 1 fully saturated rings. The van der Waals surface area contributed by atoms with Gasteiger partial charge >= 0.3 is 12.0 Å². The maximum absolute atomic E-state index is 13.3. The van der Waals surface area contributed by atoms with Gasteiger partial charge < -0.3 is 15.7 Å². The van der Waals surface area contributed by atoms with E-state index in [0.717, 1.165) is 18.9 Å². The maximum atomic E-state index is 13.3. The van der Waals surface area contributed by atoms with E-state index in [1.807, 2.05) is 0 Å². The highest BCUT2D eigenvalue weighted by atomic mass is 19.1. The van der Waals surface area contributed by atoms with Gasteiger partial charge in [-0.15, -0.1) is 0 Å². The van der Waals surface area contributed by atoms with Crippen molar-refractivity contribution in [3.8, 4) is 0 Å². The van der Waals surface area contributed by atoms with E-state index in [0.29, 0.717) is 12.5 Å². The summed E-state index contributed by atoms with van der Waals surface area (Å²) in [5.74, 6) is -1.77. The summed E-state index contributed by atoms with van der Waals surface area (Å²) in [5.41, 5.74) is -0.574. The number of carboxylic acids is 1. The van der Waals surface area contributed by atoms with Crippen LogP contribution in [0.5, 0.6) is 0 Å². The monoisotopic (exact) mass is 252 g/mol. The van der Waals surface area contributed by atoms with Crippen molar-refractivity contribution in [2.45, 2.75) is 12.8 Å². The Morgan fingerprint density at radius 1 is 1.39 bits per heavy atom. The Morgan fingerprint density at radius 2 is 2.11 bits per heavy atom. The van der Waals surface area contributed by atoms with E-state index >= 15 is 0 Å². The zero-order valence-electron chi connectivity index (χ0n) is 9.57. The molecule has 0 atom stereocenters. The van der Waals surface area contributed by atoms with Crippen LogP contribution in [-0.4, -0.2) is 23.7 Å². The molecule has 3 N–H and O–H groups in total. The first-order chi connectivity index (χ1) is 8.58. The summed E-state index contributed by atoms with van der Waals surface area (Å²) in [5, 5.41) is 13.8. The topological polar surface area (TPSA) is 78.4 Å². The normalized spacial score (nSPS) is 14.1. The zero-order valence-corrected chi connectivity index (χ0v) is 9.57. The fraction of sp³-hybridized carbons (Fsp3) is 0.333. The van der Waals surface area contributed by atoms with E-state index < -0.39 is 23.4 Å². The lowest BCUT2D eigenvalue weighted by molar-refractivity contribution is 0.0693. The third kappa shape index (κ3) is 2.97. The van der Waals surface area contributed by atoms with Crippen LogP contribution in [0.2, 0.25) is 0 Å². The predicted molar refractivity (Wildman–Crippen MR) is 63.1 cm³/mol. The molecule has 0 aromatic heterocycles. The van der Waals surface area contributed by atoms with E-state index in [2.05, 4.69) is 10.6 Å². The molecule has 0 aliphatic heterocycles. The highest BCUT2D eigenvalue weighted by Gasteiger charge is 2.22. The number of anilines is 1. The van der Waals surface area contributed by atoms with Crippen LogP contribution < -0.4 is 10.6 Å². The molecular formula is C12H13FN2O3. The van der Waals surface area contributed by atoms with Gasteiger partial charge in [-0.3, -0.25) is 0 Å². The Hall–Kier alpha value is -2.11. The largest absolute Gasteiger partial charge is 0.478 e. The lowest BCUT2D eigenvalue weighted by Gasteiger charge is -2.10. The van der Waals surface area contributed by atoms with Crippen LogP contribution in [0.15, 0.2) is 18.2 Å². The lowest BCUT2D eigenvalue weighted by Crippen LogP contribution is -2.31. The number of hydrogen-bond donors (Lipinski definition) is 3. The summed E-state index contributed by atoms with van der Waals surface area (Å²) in [7, 11) is 0. The number of carboxylic acid groups (broad SMARTS) is 1. The van der Waals surface area contributed by atoms with Crippen molar-refractivity contribution in [3.05, 3.63) is 29.6 Å². The van der Waals surface area contributed by atoms with Gasteiger partial charge in [0.05, 0.1) is 5.69 Å². The molecule has 1 aliphatic rings. The Kier molecular flexibility index (Phi) is 3.45. The van der Waals surface area contributed by atoms with Crippen LogP contribution in [0.1, 0.15) is 23.2 Å². The minimum atomic E-state index is -1.41. The van der Waals surface area contributed by atoms with Gasteiger partial charge in [-0.05, 0) is 30.9 Å². The summed E-state index contributed by atoms with van der Waals surface area (Å²) in [4.78, 5) is 22.4. The number of aromatic carboxylic acids is 1. The van der Waals surface area contributed by atoms with Gasteiger partial charge in [-0.25, -0.2) is 14.0 Å². The second-order valence-electron chi connectivity index (χ2n) is 4.25. The number of amides is 2. The van der Waals surface area contributed by atoms with Gasteiger partial charge in [0.2, 0.25) is 0 Å². The summed E-state index contributed by atoms with van der Waals surface area (Å²) in [6.07, 6.45) is 2.20. The van der Waals surface area contributed by atoms with Crippen LogP contribution >= 0.6 is 0 Å². The van der Waals surface area contributed by atoms with Crippen molar-refractivity contribution in [2.24, 2.45) is 5.92 Å². The first-order valence-electron chi connectivity index (χ1n) is 5.64. The average molecular weight is 252 g/mol. The highest BCUT2D eigenvalue weighted by Crippen LogP contribution is 2.27. The van der Waals surface area contributed by atoms with Gasteiger partial charge in [0.25, 0.3) is 0 Å². The number of benzene rings is 1. The first-order valence-corrected chi connectivity index (χ1v) is 5.64. The summed E-state index contributed by atoms with van der Waals surface area (Å²) >= 11 is 0. The van der Waals surface area contributed by atoms with Crippen LogP contribution in [0.4, 0.5) is 14.9 Å². The Labute approximate surface area is 103 Å². The maximum Gasteiger partial charge on any atom is 0.340 e. The van der Waals surface area contributed by atoms with Crippen molar-refractivity contribution in [1.29, 1.82) is 0 Å². The fourth-order valence-corrected chi connectivity index (χ4v) is 1.57. The molecule has 5 nitrogen and oxygen atoms in total. The zero-order chi connectivity index (χ0) is 13.1. The molecule has 1 saturated carbocycles.